The molecule has 0 bridgehead atoms. The third-order valence-corrected chi connectivity index (χ3v) is 4.11. The molecule has 1 saturated heterocycles. The number of piperidine rings is 1. The summed E-state index contributed by atoms with van der Waals surface area (Å²) in [5, 5.41) is 2.95. The second kappa shape index (κ2) is 5.44. The maximum Gasteiger partial charge on any atom is 0.220 e. The zero-order valence-corrected chi connectivity index (χ0v) is 12.3. The van der Waals surface area contributed by atoms with Crippen molar-refractivity contribution < 1.29 is 4.79 Å². The van der Waals surface area contributed by atoms with Gasteiger partial charge in [0.15, 0.2) is 0 Å². The number of halogens is 1. The molecule has 0 aliphatic carbocycles. The van der Waals surface area contributed by atoms with E-state index in [9.17, 15) is 4.79 Å². The van der Waals surface area contributed by atoms with E-state index in [4.69, 9.17) is 16.6 Å². The number of hydrogen-bond acceptors (Lipinski definition) is 2. The molecule has 0 radical (unpaired) electrons. The minimum atomic E-state index is 0.140. The first kappa shape index (κ1) is 13.4. The Balaban J connectivity index is 2.09. The van der Waals surface area contributed by atoms with Crippen molar-refractivity contribution in [2.75, 3.05) is 12.4 Å². The molecule has 1 aromatic carbocycles. The molecule has 3 rings (SSSR count). The summed E-state index contributed by atoms with van der Waals surface area (Å²) in [6.45, 7) is 2.75. The number of amides is 1. The molecule has 0 spiro atoms. The molecule has 1 N–H and O–H groups in total. The summed E-state index contributed by atoms with van der Waals surface area (Å²) in [5.41, 5.74) is 3.37. The van der Waals surface area contributed by atoms with Crippen molar-refractivity contribution in [1.82, 2.24) is 14.9 Å². The van der Waals surface area contributed by atoms with Gasteiger partial charge in [-0.2, -0.15) is 0 Å². The van der Waals surface area contributed by atoms with E-state index >= 15 is 0 Å². The average molecular weight is 292 g/mol. The third kappa shape index (κ3) is 2.29. The van der Waals surface area contributed by atoms with Crippen LogP contribution in [-0.4, -0.2) is 27.9 Å². The fourth-order valence-electron chi connectivity index (χ4n) is 2.91. The van der Waals surface area contributed by atoms with E-state index in [1.165, 1.54) is 5.56 Å². The summed E-state index contributed by atoms with van der Waals surface area (Å²) in [5.74, 6) is 1.72. The first-order chi connectivity index (χ1) is 9.70. The summed E-state index contributed by atoms with van der Waals surface area (Å²) in [6.07, 6.45) is 2.19. The topological polar surface area (TPSA) is 46.9 Å². The highest BCUT2D eigenvalue weighted by Crippen LogP contribution is 2.27. The maximum atomic E-state index is 11.3. The predicted molar refractivity (Wildman–Crippen MR) is 80.2 cm³/mol. The summed E-state index contributed by atoms with van der Waals surface area (Å²) in [7, 11) is 0. The molecule has 4 nitrogen and oxygen atoms in total. The van der Waals surface area contributed by atoms with Crippen molar-refractivity contribution in [3.63, 3.8) is 0 Å². The van der Waals surface area contributed by atoms with Crippen LogP contribution in [0.15, 0.2) is 18.2 Å². The van der Waals surface area contributed by atoms with Gasteiger partial charge in [0.1, 0.15) is 5.82 Å². The Kier molecular flexibility index (Phi) is 3.66. The van der Waals surface area contributed by atoms with Crippen LogP contribution in [0.25, 0.3) is 11.0 Å². The number of para-hydroxylation sites is 1. The van der Waals surface area contributed by atoms with Crippen LogP contribution in [0.1, 0.15) is 30.3 Å². The van der Waals surface area contributed by atoms with Gasteiger partial charge >= 0.3 is 0 Å². The zero-order valence-electron chi connectivity index (χ0n) is 11.5. The maximum absolute atomic E-state index is 11.3. The lowest BCUT2D eigenvalue weighted by Crippen LogP contribution is -2.36. The fraction of sp³-hybridized carbons (Fsp3) is 0.467. The lowest BCUT2D eigenvalue weighted by Gasteiger charge is -2.26. The molecule has 0 saturated carbocycles. The van der Waals surface area contributed by atoms with E-state index in [0.717, 1.165) is 29.7 Å². The summed E-state index contributed by atoms with van der Waals surface area (Å²) < 4.78 is 2.27. The second-order valence-electron chi connectivity index (χ2n) is 5.28. The second-order valence-corrected chi connectivity index (χ2v) is 5.65. The number of nitrogens with one attached hydrogen (secondary N) is 1. The molecule has 5 heteroatoms. The van der Waals surface area contributed by atoms with Crippen molar-refractivity contribution in [2.24, 2.45) is 0 Å². The van der Waals surface area contributed by atoms with Crippen LogP contribution in [0.5, 0.6) is 0 Å². The Morgan fingerprint density at radius 3 is 3.05 bits per heavy atom. The van der Waals surface area contributed by atoms with Gasteiger partial charge in [0.05, 0.1) is 17.1 Å². The number of hydrogen-bond donors (Lipinski definition) is 1. The molecule has 1 unspecified atom stereocenters. The molecule has 1 aromatic heterocycles. The van der Waals surface area contributed by atoms with Crippen molar-refractivity contribution in [3.8, 4) is 0 Å². The summed E-state index contributed by atoms with van der Waals surface area (Å²) in [6, 6.07) is 6.51. The van der Waals surface area contributed by atoms with E-state index in [1.54, 1.807) is 0 Å². The molecular weight excluding hydrogens is 274 g/mol. The highest BCUT2D eigenvalue weighted by atomic mass is 35.5. The first-order valence-corrected chi connectivity index (χ1v) is 7.53. The molecule has 2 heterocycles. The van der Waals surface area contributed by atoms with Crippen LogP contribution < -0.4 is 5.32 Å². The molecule has 2 aromatic rings. The number of aromatic nitrogens is 2. The number of alkyl halides is 1. The third-order valence-electron chi connectivity index (χ3n) is 3.92. The Bertz CT molecular complexity index is 640. The van der Waals surface area contributed by atoms with Crippen molar-refractivity contribution in [2.45, 2.75) is 32.2 Å². The van der Waals surface area contributed by atoms with Gasteiger partial charge in [0, 0.05) is 25.3 Å². The van der Waals surface area contributed by atoms with Crippen LogP contribution in [-0.2, 0) is 11.2 Å². The van der Waals surface area contributed by atoms with Crippen molar-refractivity contribution in [1.29, 1.82) is 0 Å². The lowest BCUT2D eigenvalue weighted by molar-refractivity contribution is -0.122. The quantitative estimate of drug-likeness (QED) is 0.884. The number of imidazole rings is 1. The van der Waals surface area contributed by atoms with E-state index in [2.05, 4.69) is 35.0 Å². The van der Waals surface area contributed by atoms with Crippen LogP contribution in [0.2, 0.25) is 0 Å². The van der Waals surface area contributed by atoms with Crippen molar-refractivity contribution in [3.05, 3.63) is 29.6 Å². The normalized spacial score (nSPS) is 19.3. The number of nitrogens with zero attached hydrogens (tertiary/aromatic N) is 2. The number of aryl methyl sites for hydroxylation is 2. The van der Waals surface area contributed by atoms with E-state index < -0.39 is 0 Å². The highest BCUT2D eigenvalue weighted by Gasteiger charge is 2.24. The minimum absolute atomic E-state index is 0.140. The van der Waals surface area contributed by atoms with E-state index in [1.807, 2.05) is 0 Å². The summed E-state index contributed by atoms with van der Waals surface area (Å²) in [4.78, 5) is 16.1. The van der Waals surface area contributed by atoms with E-state index in [-0.39, 0.29) is 11.9 Å². The van der Waals surface area contributed by atoms with Crippen LogP contribution in [0, 0.1) is 6.92 Å². The zero-order chi connectivity index (χ0) is 14.1. The Morgan fingerprint density at radius 2 is 2.35 bits per heavy atom. The number of benzene rings is 1. The van der Waals surface area contributed by atoms with E-state index in [0.29, 0.717) is 18.8 Å². The Labute approximate surface area is 123 Å². The van der Waals surface area contributed by atoms with Gasteiger partial charge in [-0.3, -0.25) is 4.79 Å². The molecule has 1 fully saturated rings. The SMILES string of the molecule is Cc1cccc2c1nc(CCCl)n2C1CCC(=O)NC1. The van der Waals surface area contributed by atoms with Gasteiger partial charge in [0.2, 0.25) is 5.91 Å². The molecule has 20 heavy (non-hydrogen) atoms. The molecule has 1 aliphatic heterocycles. The van der Waals surface area contributed by atoms with Crippen LogP contribution >= 0.6 is 11.6 Å². The van der Waals surface area contributed by atoms with Crippen molar-refractivity contribution >= 4 is 28.5 Å². The summed E-state index contributed by atoms with van der Waals surface area (Å²) >= 11 is 5.91. The number of carbonyl (C=O) groups excluding carboxylic acids is 1. The van der Waals surface area contributed by atoms with Gasteiger partial charge in [-0.25, -0.2) is 4.98 Å². The molecule has 1 atom stereocenters. The standard InChI is InChI=1S/C15H18ClN3O/c1-10-3-2-4-12-15(10)18-13(7-8-16)19(12)11-5-6-14(20)17-9-11/h2-4,11H,5-9H2,1H3,(H,17,20). The van der Waals surface area contributed by atoms with Gasteiger partial charge in [-0.15, -0.1) is 11.6 Å². The smallest absolute Gasteiger partial charge is 0.220 e. The van der Waals surface area contributed by atoms with Gasteiger partial charge < -0.3 is 9.88 Å². The number of rotatable bonds is 3. The lowest BCUT2D eigenvalue weighted by atomic mass is 10.1. The fourth-order valence-corrected chi connectivity index (χ4v) is 3.08. The molecule has 106 valence electrons. The predicted octanol–water partition coefficient (Wildman–Crippen LogP) is 2.58. The first-order valence-electron chi connectivity index (χ1n) is 7.00. The number of fused-ring (bicyclic) bond motifs is 1. The number of carbonyl (C=O) groups is 1. The Hall–Kier alpha value is -1.55. The van der Waals surface area contributed by atoms with Crippen LogP contribution in [0.3, 0.4) is 0 Å². The highest BCUT2D eigenvalue weighted by molar-refractivity contribution is 6.17. The van der Waals surface area contributed by atoms with Gasteiger partial charge in [-0.05, 0) is 25.0 Å². The minimum Gasteiger partial charge on any atom is -0.354 e. The van der Waals surface area contributed by atoms with Gasteiger partial charge in [-0.1, -0.05) is 12.1 Å². The van der Waals surface area contributed by atoms with Crippen LogP contribution in [0.4, 0.5) is 0 Å². The average Bonchev–Trinajstić information content (AvgIpc) is 2.80. The molecule has 1 amide bonds. The van der Waals surface area contributed by atoms with Gasteiger partial charge in [0.25, 0.3) is 0 Å². The molecule has 1 aliphatic rings. The largest absolute Gasteiger partial charge is 0.354 e. The molecular formula is C15H18ClN3O. The Morgan fingerprint density at radius 1 is 1.50 bits per heavy atom. The monoisotopic (exact) mass is 291 g/mol.